The Labute approximate surface area is 149 Å². The van der Waals surface area contributed by atoms with E-state index in [9.17, 15) is 4.79 Å². The zero-order valence-corrected chi connectivity index (χ0v) is 15.3. The van der Waals surface area contributed by atoms with Gasteiger partial charge in [0.15, 0.2) is 0 Å². The minimum absolute atomic E-state index is 0. The van der Waals surface area contributed by atoms with Crippen LogP contribution in [0.25, 0.3) is 5.78 Å². The molecule has 2 aromatic rings. The van der Waals surface area contributed by atoms with Crippen LogP contribution in [0, 0.1) is 5.92 Å². The van der Waals surface area contributed by atoms with Crippen LogP contribution in [-0.2, 0) is 0 Å². The normalized spacial score (nSPS) is 15.7. The number of hydrogen-bond acceptors (Lipinski definition) is 5. The lowest BCUT2D eigenvalue weighted by atomic mass is 9.93. The largest absolute Gasteiger partial charge is 0.336 e. The second-order valence-electron chi connectivity index (χ2n) is 5.58. The fraction of sp³-hybridized carbons (Fsp3) is 0.571. The number of carbonyl (C=O) groups is 1. The summed E-state index contributed by atoms with van der Waals surface area (Å²) in [5.41, 5.74) is 0. The fourth-order valence-corrected chi connectivity index (χ4v) is 3.06. The monoisotopic (exact) mass is 402 g/mol. The van der Waals surface area contributed by atoms with Gasteiger partial charge in [-0.2, -0.15) is 4.98 Å². The molecule has 1 amide bonds. The molecule has 1 saturated heterocycles. The number of aromatic nitrogens is 4. The summed E-state index contributed by atoms with van der Waals surface area (Å²) in [6.07, 6.45) is 6.65. The first-order chi connectivity index (χ1) is 10.7. The van der Waals surface area contributed by atoms with Crippen LogP contribution in [0.1, 0.15) is 29.9 Å². The van der Waals surface area contributed by atoms with Crippen molar-refractivity contribution in [1.29, 1.82) is 0 Å². The van der Waals surface area contributed by atoms with Crippen molar-refractivity contribution in [2.24, 2.45) is 5.92 Å². The van der Waals surface area contributed by atoms with Crippen molar-refractivity contribution in [3.63, 3.8) is 0 Å². The SMILES string of the molecule is CNCCC1CCN(C(=O)c2nc3ncc(Br)cn3n2)CC1.Cl. The summed E-state index contributed by atoms with van der Waals surface area (Å²) in [7, 11) is 1.97. The predicted molar refractivity (Wildman–Crippen MR) is 92.9 cm³/mol. The fourth-order valence-electron chi connectivity index (χ4n) is 2.76. The number of nitrogens with zero attached hydrogens (tertiary/aromatic N) is 5. The first-order valence-corrected chi connectivity index (χ1v) is 8.28. The highest BCUT2D eigenvalue weighted by Gasteiger charge is 2.26. The quantitative estimate of drug-likeness (QED) is 0.842. The maximum absolute atomic E-state index is 12.5. The number of amides is 1. The van der Waals surface area contributed by atoms with Gasteiger partial charge in [-0.3, -0.25) is 4.79 Å². The minimum atomic E-state index is -0.103. The Morgan fingerprint density at radius 1 is 1.43 bits per heavy atom. The number of halogens is 2. The summed E-state index contributed by atoms with van der Waals surface area (Å²) >= 11 is 3.33. The Balaban J connectivity index is 0.00000192. The van der Waals surface area contributed by atoms with Crippen LogP contribution in [0.15, 0.2) is 16.9 Å². The van der Waals surface area contributed by atoms with Crippen LogP contribution >= 0.6 is 28.3 Å². The van der Waals surface area contributed by atoms with Crippen molar-refractivity contribution in [3.8, 4) is 0 Å². The average Bonchev–Trinajstić information content (AvgIpc) is 2.95. The van der Waals surface area contributed by atoms with Crippen molar-refractivity contribution in [3.05, 3.63) is 22.7 Å². The topological polar surface area (TPSA) is 75.4 Å². The Kier molecular flexibility index (Phi) is 6.32. The van der Waals surface area contributed by atoms with Gasteiger partial charge in [0.05, 0.1) is 4.47 Å². The molecule has 0 bridgehead atoms. The molecule has 0 radical (unpaired) electrons. The standard InChI is InChI=1S/C14H19BrN6O.ClH/c1-16-5-2-10-3-6-20(7-4-10)13(22)12-18-14-17-8-11(15)9-21(14)19-12;/h8-10,16H,2-7H2,1H3;1H. The molecule has 0 aliphatic carbocycles. The molecule has 0 atom stereocenters. The van der Waals surface area contributed by atoms with Crippen LogP contribution < -0.4 is 5.32 Å². The van der Waals surface area contributed by atoms with E-state index >= 15 is 0 Å². The highest BCUT2D eigenvalue weighted by atomic mass is 79.9. The smallest absolute Gasteiger partial charge is 0.293 e. The average molecular weight is 404 g/mol. The number of likely N-dealkylation sites (tertiary alicyclic amines) is 1. The van der Waals surface area contributed by atoms with Gasteiger partial charge in [0.25, 0.3) is 11.7 Å². The molecule has 7 nitrogen and oxygen atoms in total. The van der Waals surface area contributed by atoms with Crippen LogP contribution in [0.2, 0.25) is 0 Å². The molecular formula is C14H20BrClN6O. The van der Waals surface area contributed by atoms with Gasteiger partial charge in [-0.25, -0.2) is 9.50 Å². The first-order valence-electron chi connectivity index (χ1n) is 7.49. The van der Waals surface area contributed by atoms with E-state index in [0.717, 1.165) is 36.9 Å². The van der Waals surface area contributed by atoms with Gasteiger partial charge in [0.1, 0.15) is 0 Å². The first kappa shape index (κ1) is 18.1. The molecule has 1 N–H and O–H groups in total. The number of hydrogen-bond donors (Lipinski definition) is 1. The lowest BCUT2D eigenvalue weighted by Gasteiger charge is -2.31. The number of carbonyl (C=O) groups excluding carboxylic acids is 1. The third-order valence-corrected chi connectivity index (χ3v) is 4.47. The third kappa shape index (κ3) is 4.19. The summed E-state index contributed by atoms with van der Waals surface area (Å²) in [6, 6.07) is 0. The second-order valence-corrected chi connectivity index (χ2v) is 6.50. The Morgan fingerprint density at radius 2 is 2.17 bits per heavy atom. The van der Waals surface area contributed by atoms with Crippen molar-refractivity contribution in [2.75, 3.05) is 26.7 Å². The van der Waals surface area contributed by atoms with Crippen LogP contribution in [0.3, 0.4) is 0 Å². The second kappa shape index (κ2) is 8.03. The van der Waals surface area contributed by atoms with E-state index in [1.807, 2.05) is 11.9 Å². The third-order valence-electron chi connectivity index (χ3n) is 4.06. The van der Waals surface area contributed by atoms with E-state index in [2.05, 4.69) is 36.3 Å². The van der Waals surface area contributed by atoms with E-state index in [-0.39, 0.29) is 24.1 Å². The molecular weight excluding hydrogens is 384 g/mol. The minimum Gasteiger partial charge on any atom is -0.336 e. The van der Waals surface area contributed by atoms with Crippen molar-refractivity contribution in [1.82, 2.24) is 29.8 Å². The van der Waals surface area contributed by atoms with E-state index in [0.29, 0.717) is 11.7 Å². The molecule has 126 valence electrons. The summed E-state index contributed by atoms with van der Waals surface area (Å²) in [4.78, 5) is 22.7. The lowest BCUT2D eigenvalue weighted by molar-refractivity contribution is 0.0675. The van der Waals surface area contributed by atoms with Crippen molar-refractivity contribution in [2.45, 2.75) is 19.3 Å². The maximum atomic E-state index is 12.5. The van der Waals surface area contributed by atoms with E-state index in [1.165, 1.54) is 10.9 Å². The molecule has 9 heteroatoms. The van der Waals surface area contributed by atoms with Crippen LogP contribution in [0.4, 0.5) is 0 Å². The number of piperidine rings is 1. The molecule has 1 aliphatic heterocycles. The molecule has 1 fully saturated rings. The number of rotatable bonds is 4. The van der Waals surface area contributed by atoms with E-state index < -0.39 is 0 Å². The van der Waals surface area contributed by atoms with Gasteiger partial charge < -0.3 is 10.2 Å². The molecule has 2 aromatic heterocycles. The highest BCUT2D eigenvalue weighted by molar-refractivity contribution is 9.10. The zero-order valence-electron chi connectivity index (χ0n) is 12.9. The van der Waals surface area contributed by atoms with Gasteiger partial charge in [-0.05, 0) is 54.7 Å². The number of fused-ring (bicyclic) bond motifs is 1. The van der Waals surface area contributed by atoms with Crippen LogP contribution in [-0.4, -0.2) is 57.1 Å². The number of nitrogens with one attached hydrogen (secondary N) is 1. The van der Waals surface area contributed by atoms with Crippen molar-refractivity contribution < 1.29 is 4.79 Å². The van der Waals surface area contributed by atoms with Gasteiger partial charge in [-0.1, -0.05) is 0 Å². The Morgan fingerprint density at radius 3 is 2.87 bits per heavy atom. The van der Waals surface area contributed by atoms with Gasteiger partial charge in [0, 0.05) is 25.5 Å². The summed E-state index contributed by atoms with van der Waals surface area (Å²) in [5, 5.41) is 7.41. The van der Waals surface area contributed by atoms with Gasteiger partial charge in [0.2, 0.25) is 5.82 Å². The zero-order chi connectivity index (χ0) is 15.5. The Hall–Kier alpha value is -1.25. The molecule has 3 rings (SSSR count). The van der Waals surface area contributed by atoms with E-state index in [4.69, 9.17) is 0 Å². The highest BCUT2D eigenvalue weighted by Crippen LogP contribution is 2.21. The molecule has 0 aromatic carbocycles. The maximum Gasteiger partial charge on any atom is 0.293 e. The molecule has 23 heavy (non-hydrogen) atoms. The predicted octanol–water partition coefficient (Wildman–Crippen LogP) is 1.77. The summed E-state index contributed by atoms with van der Waals surface area (Å²) in [5.74, 6) is 1.26. The van der Waals surface area contributed by atoms with Gasteiger partial charge >= 0.3 is 0 Å². The lowest BCUT2D eigenvalue weighted by Crippen LogP contribution is -2.39. The molecule has 3 heterocycles. The van der Waals surface area contributed by atoms with Gasteiger partial charge in [-0.15, -0.1) is 17.5 Å². The summed E-state index contributed by atoms with van der Waals surface area (Å²) < 4.78 is 2.33. The Bertz CT molecular complexity index is 670. The van der Waals surface area contributed by atoms with E-state index in [1.54, 1.807) is 12.4 Å². The summed E-state index contributed by atoms with van der Waals surface area (Å²) in [6.45, 7) is 2.59. The molecule has 1 aliphatic rings. The molecule has 0 unspecified atom stereocenters. The molecule has 0 spiro atoms. The van der Waals surface area contributed by atoms with Crippen molar-refractivity contribution >= 4 is 40.0 Å². The molecule has 0 saturated carbocycles. The van der Waals surface area contributed by atoms with Crippen LogP contribution in [0.5, 0.6) is 0 Å².